The zero-order valence-electron chi connectivity index (χ0n) is 9.93. The molecule has 5 heteroatoms. The summed E-state index contributed by atoms with van der Waals surface area (Å²) in [6.07, 6.45) is 0. The quantitative estimate of drug-likeness (QED) is 0.755. The van der Waals surface area contributed by atoms with Crippen LogP contribution in [0.15, 0.2) is 18.2 Å². The molecule has 94 valence electrons. The second-order valence-corrected chi connectivity index (χ2v) is 3.24. The van der Waals surface area contributed by atoms with E-state index < -0.39 is 5.97 Å². The first kappa shape index (κ1) is 13.3. The van der Waals surface area contributed by atoms with Gasteiger partial charge in [-0.2, -0.15) is 0 Å². The van der Waals surface area contributed by atoms with Gasteiger partial charge in [-0.25, -0.2) is 4.79 Å². The zero-order chi connectivity index (χ0) is 12.7. The van der Waals surface area contributed by atoms with Crippen LogP contribution in [0.4, 0.5) is 0 Å². The van der Waals surface area contributed by atoms with Gasteiger partial charge in [0, 0.05) is 0 Å². The standard InChI is InChI=1S/C12H16O5/c1-3-16-11-6-9(7-13)4-5-10(11)17-8-12(14)15-2/h4-6,13H,3,7-8H2,1-2H3. The van der Waals surface area contributed by atoms with E-state index in [2.05, 4.69) is 4.74 Å². The Hall–Kier alpha value is -1.75. The highest BCUT2D eigenvalue weighted by Gasteiger charge is 2.08. The highest BCUT2D eigenvalue weighted by atomic mass is 16.6. The molecule has 1 N–H and O–H groups in total. The summed E-state index contributed by atoms with van der Waals surface area (Å²) in [5.41, 5.74) is 0.721. The van der Waals surface area contributed by atoms with E-state index in [4.69, 9.17) is 14.6 Å². The van der Waals surface area contributed by atoms with Crippen LogP contribution in [0.25, 0.3) is 0 Å². The fraction of sp³-hybridized carbons (Fsp3) is 0.417. The number of ether oxygens (including phenoxy) is 3. The van der Waals surface area contributed by atoms with E-state index in [-0.39, 0.29) is 13.2 Å². The van der Waals surface area contributed by atoms with Crippen molar-refractivity contribution >= 4 is 5.97 Å². The Morgan fingerprint density at radius 2 is 2.06 bits per heavy atom. The molecule has 0 saturated heterocycles. The first-order valence-electron chi connectivity index (χ1n) is 5.27. The van der Waals surface area contributed by atoms with E-state index >= 15 is 0 Å². The predicted molar refractivity (Wildman–Crippen MR) is 61.0 cm³/mol. The maximum Gasteiger partial charge on any atom is 0.343 e. The van der Waals surface area contributed by atoms with Crippen molar-refractivity contribution in [2.45, 2.75) is 13.5 Å². The second-order valence-electron chi connectivity index (χ2n) is 3.24. The molecule has 1 aromatic rings. The number of esters is 1. The molecule has 0 aliphatic heterocycles. The molecule has 0 aliphatic rings. The summed E-state index contributed by atoms with van der Waals surface area (Å²) in [7, 11) is 1.30. The molecule has 1 rings (SSSR count). The van der Waals surface area contributed by atoms with Crippen LogP contribution in [0.1, 0.15) is 12.5 Å². The fourth-order valence-corrected chi connectivity index (χ4v) is 1.23. The van der Waals surface area contributed by atoms with Crippen molar-refractivity contribution < 1.29 is 24.1 Å². The minimum Gasteiger partial charge on any atom is -0.490 e. The van der Waals surface area contributed by atoms with Crippen LogP contribution in [0.3, 0.4) is 0 Å². The topological polar surface area (TPSA) is 65.0 Å². The molecule has 17 heavy (non-hydrogen) atoms. The maximum absolute atomic E-state index is 10.9. The van der Waals surface area contributed by atoms with Gasteiger partial charge in [0.25, 0.3) is 0 Å². The van der Waals surface area contributed by atoms with Gasteiger partial charge in [-0.15, -0.1) is 0 Å². The Kier molecular flexibility index (Phi) is 5.29. The van der Waals surface area contributed by atoms with E-state index in [1.807, 2.05) is 6.92 Å². The van der Waals surface area contributed by atoms with Gasteiger partial charge in [0.15, 0.2) is 18.1 Å². The first-order chi connectivity index (χ1) is 8.21. The molecular formula is C12H16O5. The van der Waals surface area contributed by atoms with Gasteiger partial charge < -0.3 is 19.3 Å². The molecule has 0 aromatic heterocycles. The maximum atomic E-state index is 10.9. The highest BCUT2D eigenvalue weighted by molar-refractivity contribution is 5.71. The molecule has 0 atom stereocenters. The number of carbonyl (C=O) groups is 1. The molecular weight excluding hydrogens is 224 g/mol. The van der Waals surface area contributed by atoms with Gasteiger partial charge in [0.05, 0.1) is 20.3 Å². The van der Waals surface area contributed by atoms with E-state index in [0.717, 1.165) is 5.56 Å². The minimum absolute atomic E-state index is 0.0721. The van der Waals surface area contributed by atoms with Gasteiger partial charge in [-0.3, -0.25) is 0 Å². The van der Waals surface area contributed by atoms with Gasteiger partial charge in [-0.1, -0.05) is 6.07 Å². The van der Waals surface area contributed by atoms with Crippen molar-refractivity contribution in [2.75, 3.05) is 20.3 Å². The SMILES string of the molecule is CCOc1cc(CO)ccc1OCC(=O)OC. The van der Waals surface area contributed by atoms with Gasteiger partial charge in [0.2, 0.25) is 0 Å². The van der Waals surface area contributed by atoms with Crippen molar-refractivity contribution in [2.24, 2.45) is 0 Å². The molecule has 0 radical (unpaired) electrons. The molecule has 0 spiro atoms. The fourth-order valence-electron chi connectivity index (χ4n) is 1.23. The lowest BCUT2D eigenvalue weighted by Crippen LogP contribution is -2.13. The summed E-state index contributed by atoms with van der Waals surface area (Å²) in [6.45, 7) is 2.07. The normalized spacial score (nSPS) is 9.82. The Balaban J connectivity index is 2.78. The Morgan fingerprint density at radius 3 is 2.65 bits per heavy atom. The van der Waals surface area contributed by atoms with Crippen molar-refractivity contribution in [1.29, 1.82) is 0 Å². The summed E-state index contributed by atoms with van der Waals surface area (Å²) < 4.78 is 15.1. The van der Waals surface area contributed by atoms with Gasteiger partial charge in [0.1, 0.15) is 0 Å². The summed E-state index contributed by atoms with van der Waals surface area (Å²) in [5, 5.41) is 9.01. The lowest BCUT2D eigenvalue weighted by atomic mass is 10.2. The van der Waals surface area contributed by atoms with Crippen LogP contribution < -0.4 is 9.47 Å². The molecule has 0 amide bonds. The Labute approximate surface area is 99.9 Å². The largest absolute Gasteiger partial charge is 0.490 e. The molecule has 5 nitrogen and oxygen atoms in total. The summed E-state index contributed by atoms with van der Waals surface area (Å²) >= 11 is 0. The molecule has 0 fully saturated rings. The third-order valence-corrected chi connectivity index (χ3v) is 2.06. The highest BCUT2D eigenvalue weighted by Crippen LogP contribution is 2.28. The monoisotopic (exact) mass is 240 g/mol. The lowest BCUT2D eigenvalue weighted by Gasteiger charge is -2.12. The molecule has 0 aliphatic carbocycles. The molecule has 0 heterocycles. The van der Waals surface area contributed by atoms with Crippen LogP contribution in [-0.2, 0) is 16.1 Å². The number of methoxy groups -OCH3 is 1. The van der Waals surface area contributed by atoms with E-state index in [9.17, 15) is 4.79 Å². The van der Waals surface area contributed by atoms with Crippen molar-refractivity contribution in [3.63, 3.8) is 0 Å². The third kappa shape index (κ3) is 3.96. The Morgan fingerprint density at radius 1 is 1.29 bits per heavy atom. The average Bonchev–Trinajstić information content (AvgIpc) is 2.37. The van der Waals surface area contributed by atoms with Crippen LogP contribution in [0, 0.1) is 0 Å². The number of aliphatic hydroxyl groups excluding tert-OH is 1. The van der Waals surface area contributed by atoms with Crippen molar-refractivity contribution in [1.82, 2.24) is 0 Å². The van der Waals surface area contributed by atoms with E-state index in [1.165, 1.54) is 7.11 Å². The van der Waals surface area contributed by atoms with Gasteiger partial charge in [-0.05, 0) is 24.6 Å². The summed E-state index contributed by atoms with van der Waals surface area (Å²) in [6, 6.07) is 5.03. The minimum atomic E-state index is -0.460. The molecule has 0 saturated carbocycles. The summed E-state index contributed by atoms with van der Waals surface area (Å²) in [5.74, 6) is 0.496. The predicted octanol–water partition coefficient (Wildman–Crippen LogP) is 1.13. The molecule has 1 aromatic carbocycles. The average molecular weight is 240 g/mol. The lowest BCUT2D eigenvalue weighted by molar-refractivity contribution is -0.142. The van der Waals surface area contributed by atoms with Crippen molar-refractivity contribution in [3.05, 3.63) is 23.8 Å². The van der Waals surface area contributed by atoms with E-state index in [1.54, 1.807) is 18.2 Å². The van der Waals surface area contributed by atoms with E-state index in [0.29, 0.717) is 18.1 Å². The Bertz CT molecular complexity index is 375. The van der Waals surface area contributed by atoms with Crippen LogP contribution in [-0.4, -0.2) is 31.4 Å². The van der Waals surface area contributed by atoms with Crippen molar-refractivity contribution in [3.8, 4) is 11.5 Å². The zero-order valence-corrected chi connectivity index (χ0v) is 9.93. The number of benzene rings is 1. The molecule has 0 unspecified atom stereocenters. The number of aliphatic hydroxyl groups is 1. The number of carbonyl (C=O) groups excluding carboxylic acids is 1. The van der Waals surface area contributed by atoms with Crippen LogP contribution in [0.2, 0.25) is 0 Å². The number of rotatable bonds is 6. The first-order valence-corrected chi connectivity index (χ1v) is 5.27. The number of hydrogen-bond donors (Lipinski definition) is 1. The van der Waals surface area contributed by atoms with Crippen LogP contribution >= 0.6 is 0 Å². The molecule has 0 bridgehead atoms. The smallest absolute Gasteiger partial charge is 0.343 e. The van der Waals surface area contributed by atoms with Gasteiger partial charge >= 0.3 is 5.97 Å². The summed E-state index contributed by atoms with van der Waals surface area (Å²) in [4.78, 5) is 10.9. The second kappa shape index (κ2) is 6.75. The number of hydrogen-bond acceptors (Lipinski definition) is 5. The van der Waals surface area contributed by atoms with Crippen LogP contribution in [0.5, 0.6) is 11.5 Å². The third-order valence-electron chi connectivity index (χ3n) is 2.06.